The number of hydrogen-bond acceptors (Lipinski definition) is 5. The Balaban J connectivity index is 1.83. The van der Waals surface area contributed by atoms with Gasteiger partial charge in [-0.2, -0.15) is 0 Å². The molecule has 0 fully saturated rings. The Morgan fingerprint density at radius 3 is 2.68 bits per heavy atom. The van der Waals surface area contributed by atoms with Crippen LogP contribution in [0.5, 0.6) is 5.75 Å². The molecule has 0 atom stereocenters. The Labute approximate surface area is 124 Å². The summed E-state index contributed by atoms with van der Waals surface area (Å²) in [5.41, 5.74) is 0.609. The van der Waals surface area contributed by atoms with Crippen LogP contribution in [0.25, 0.3) is 11.1 Å². The Bertz CT molecular complexity index is 867. The van der Waals surface area contributed by atoms with E-state index in [1.807, 2.05) is 18.2 Å². The standard InChI is InChI=1S/C15H12N2O5/c18-15-16(8-9-21-12-4-2-1-3-5-12)13-10-11(17(19)20)6-7-14(13)22-15/h1-7,10H,8-9H2. The van der Waals surface area contributed by atoms with Crippen LogP contribution in [-0.2, 0) is 6.54 Å². The number of nitro groups is 1. The maximum absolute atomic E-state index is 11.8. The Morgan fingerprint density at radius 2 is 1.95 bits per heavy atom. The molecule has 3 aromatic rings. The molecular weight excluding hydrogens is 288 g/mol. The summed E-state index contributed by atoms with van der Waals surface area (Å²) in [4.78, 5) is 22.1. The molecule has 7 heteroatoms. The van der Waals surface area contributed by atoms with E-state index in [2.05, 4.69) is 0 Å². The minimum Gasteiger partial charge on any atom is -0.492 e. The Morgan fingerprint density at radius 1 is 1.18 bits per heavy atom. The third-order valence-electron chi connectivity index (χ3n) is 3.19. The van der Waals surface area contributed by atoms with Gasteiger partial charge < -0.3 is 9.15 Å². The number of nitrogens with zero attached hydrogens (tertiary/aromatic N) is 2. The first-order valence-corrected chi connectivity index (χ1v) is 6.61. The number of aromatic nitrogens is 1. The second-order valence-corrected chi connectivity index (χ2v) is 4.59. The van der Waals surface area contributed by atoms with Crippen molar-refractivity contribution in [3.05, 3.63) is 69.2 Å². The average molecular weight is 300 g/mol. The molecule has 0 aliphatic carbocycles. The third kappa shape index (κ3) is 2.69. The predicted octanol–water partition coefficient (Wildman–Crippen LogP) is 2.58. The summed E-state index contributed by atoms with van der Waals surface area (Å²) in [5, 5.41) is 10.8. The molecule has 1 aromatic heterocycles. The minimum absolute atomic E-state index is 0.0916. The summed E-state index contributed by atoms with van der Waals surface area (Å²) in [7, 11) is 0. The molecule has 0 spiro atoms. The molecule has 0 aliphatic rings. The highest BCUT2D eigenvalue weighted by atomic mass is 16.6. The van der Waals surface area contributed by atoms with E-state index >= 15 is 0 Å². The van der Waals surface area contributed by atoms with Crippen molar-refractivity contribution in [3.8, 4) is 5.75 Å². The second-order valence-electron chi connectivity index (χ2n) is 4.59. The van der Waals surface area contributed by atoms with E-state index < -0.39 is 10.7 Å². The van der Waals surface area contributed by atoms with E-state index in [0.29, 0.717) is 16.8 Å². The number of non-ortho nitro benzene ring substituents is 1. The van der Waals surface area contributed by atoms with Crippen molar-refractivity contribution >= 4 is 16.8 Å². The fourth-order valence-corrected chi connectivity index (χ4v) is 2.15. The van der Waals surface area contributed by atoms with Gasteiger partial charge in [-0.05, 0) is 18.2 Å². The lowest BCUT2D eigenvalue weighted by atomic mass is 10.3. The van der Waals surface area contributed by atoms with Gasteiger partial charge in [0.25, 0.3) is 5.69 Å². The highest BCUT2D eigenvalue weighted by Crippen LogP contribution is 2.20. The predicted molar refractivity (Wildman–Crippen MR) is 79.1 cm³/mol. The molecule has 0 radical (unpaired) electrons. The number of hydrogen-bond donors (Lipinski definition) is 0. The van der Waals surface area contributed by atoms with Gasteiger partial charge in [0.15, 0.2) is 5.58 Å². The van der Waals surface area contributed by atoms with Crippen molar-refractivity contribution in [2.45, 2.75) is 6.54 Å². The zero-order chi connectivity index (χ0) is 15.5. The van der Waals surface area contributed by atoms with Crippen LogP contribution < -0.4 is 10.5 Å². The van der Waals surface area contributed by atoms with Crippen LogP contribution in [0.2, 0.25) is 0 Å². The molecule has 0 saturated heterocycles. The molecule has 7 nitrogen and oxygen atoms in total. The van der Waals surface area contributed by atoms with E-state index in [9.17, 15) is 14.9 Å². The van der Waals surface area contributed by atoms with E-state index in [1.165, 1.54) is 22.8 Å². The number of ether oxygens (including phenoxy) is 1. The normalized spacial score (nSPS) is 10.7. The molecule has 0 saturated carbocycles. The number of nitro benzene ring substituents is 1. The largest absolute Gasteiger partial charge is 0.492 e. The van der Waals surface area contributed by atoms with Gasteiger partial charge in [-0.3, -0.25) is 14.7 Å². The van der Waals surface area contributed by atoms with Gasteiger partial charge in [-0.25, -0.2) is 4.79 Å². The van der Waals surface area contributed by atoms with Gasteiger partial charge in [0, 0.05) is 12.1 Å². The van der Waals surface area contributed by atoms with Gasteiger partial charge in [-0.15, -0.1) is 0 Å². The van der Waals surface area contributed by atoms with Crippen LogP contribution in [-0.4, -0.2) is 16.1 Å². The van der Waals surface area contributed by atoms with E-state index in [4.69, 9.17) is 9.15 Å². The summed E-state index contributed by atoms with van der Waals surface area (Å²) in [5.74, 6) is 0.126. The molecule has 0 unspecified atom stereocenters. The average Bonchev–Trinajstić information content (AvgIpc) is 2.83. The summed E-state index contributed by atoms with van der Waals surface area (Å²) >= 11 is 0. The second kappa shape index (κ2) is 5.72. The van der Waals surface area contributed by atoms with E-state index in [0.717, 1.165) is 0 Å². The van der Waals surface area contributed by atoms with E-state index in [1.54, 1.807) is 12.1 Å². The SMILES string of the molecule is O=c1oc2ccc([N+](=O)[O-])cc2n1CCOc1ccccc1. The molecule has 22 heavy (non-hydrogen) atoms. The quantitative estimate of drug-likeness (QED) is 0.534. The van der Waals surface area contributed by atoms with Crippen molar-refractivity contribution < 1.29 is 14.1 Å². The van der Waals surface area contributed by atoms with Crippen LogP contribution in [0.4, 0.5) is 5.69 Å². The maximum Gasteiger partial charge on any atom is 0.420 e. The number of para-hydroxylation sites is 1. The summed E-state index contributed by atoms with van der Waals surface area (Å²) in [6.45, 7) is 0.489. The van der Waals surface area contributed by atoms with E-state index in [-0.39, 0.29) is 18.8 Å². The molecule has 112 valence electrons. The van der Waals surface area contributed by atoms with Gasteiger partial charge >= 0.3 is 5.76 Å². The van der Waals surface area contributed by atoms with Crippen molar-refractivity contribution in [1.29, 1.82) is 0 Å². The first-order valence-electron chi connectivity index (χ1n) is 6.61. The third-order valence-corrected chi connectivity index (χ3v) is 3.19. The molecule has 0 N–H and O–H groups in total. The number of fused-ring (bicyclic) bond motifs is 1. The zero-order valence-corrected chi connectivity index (χ0v) is 11.5. The van der Waals surface area contributed by atoms with Crippen molar-refractivity contribution in [1.82, 2.24) is 4.57 Å². The lowest BCUT2D eigenvalue weighted by Gasteiger charge is -2.06. The van der Waals surface area contributed by atoms with Gasteiger partial charge in [0.2, 0.25) is 0 Å². The van der Waals surface area contributed by atoms with Crippen LogP contribution in [0.15, 0.2) is 57.7 Å². The van der Waals surface area contributed by atoms with Crippen LogP contribution >= 0.6 is 0 Å². The van der Waals surface area contributed by atoms with Crippen molar-refractivity contribution in [2.24, 2.45) is 0 Å². The molecule has 0 bridgehead atoms. The molecule has 1 heterocycles. The first kappa shape index (κ1) is 13.9. The van der Waals surface area contributed by atoms with Gasteiger partial charge in [0.05, 0.1) is 17.0 Å². The molecule has 0 amide bonds. The summed E-state index contributed by atoms with van der Waals surface area (Å²) in [6, 6.07) is 13.2. The monoisotopic (exact) mass is 300 g/mol. The zero-order valence-electron chi connectivity index (χ0n) is 11.5. The lowest BCUT2D eigenvalue weighted by molar-refractivity contribution is -0.384. The van der Waals surface area contributed by atoms with Crippen molar-refractivity contribution in [2.75, 3.05) is 6.61 Å². The lowest BCUT2D eigenvalue weighted by Crippen LogP contribution is -2.18. The minimum atomic E-state index is -0.563. The number of benzene rings is 2. The van der Waals surface area contributed by atoms with Crippen molar-refractivity contribution in [3.63, 3.8) is 0 Å². The highest BCUT2D eigenvalue weighted by molar-refractivity contribution is 5.75. The van der Waals surface area contributed by atoms with Crippen LogP contribution in [0.1, 0.15) is 0 Å². The van der Waals surface area contributed by atoms with Gasteiger partial charge in [0.1, 0.15) is 12.4 Å². The Hall–Kier alpha value is -3.09. The van der Waals surface area contributed by atoms with Crippen LogP contribution in [0.3, 0.4) is 0 Å². The molecule has 0 aliphatic heterocycles. The smallest absolute Gasteiger partial charge is 0.420 e. The summed E-state index contributed by atoms with van der Waals surface area (Å²) in [6.07, 6.45) is 0. The fraction of sp³-hybridized carbons (Fsp3) is 0.133. The molecule has 3 rings (SSSR count). The van der Waals surface area contributed by atoms with Gasteiger partial charge in [-0.1, -0.05) is 18.2 Å². The number of rotatable bonds is 5. The van der Waals surface area contributed by atoms with Crippen LogP contribution in [0, 0.1) is 10.1 Å². The number of oxazole rings is 1. The highest BCUT2D eigenvalue weighted by Gasteiger charge is 2.14. The summed E-state index contributed by atoms with van der Waals surface area (Å²) < 4.78 is 11.9. The maximum atomic E-state index is 11.8. The first-order chi connectivity index (χ1) is 10.6. The molecular formula is C15H12N2O5. The topological polar surface area (TPSA) is 87.5 Å². The molecule has 2 aromatic carbocycles. The Kier molecular flexibility index (Phi) is 3.61. The fourth-order valence-electron chi connectivity index (χ4n) is 2.15.